The Morgan fingerprint density at radius 2 is 2.14 bits per heavy atom. The third kappa shape index (κ3) is 2.72. The molecule has 0 spiro atoms. The quantitative estimate of drug-likeness (QED) is 0.915. The zero-order chi connectivity index (χ0) is 10.7. The van der Waals surface area contributed by atoms with E-state index in [9.17, 15) is 5.11 Å². The number of halogens is 1. The molecular weight excluding hydrogens is 262 g/mol. The van der Waals surface area contributed by atoms with E-state index in [1.54, 1.807) is 11.3 Å². The lowest BCUT2D eigenvalue weighted by Gasteiger charge is -2.30. The van der Waals surface area contributed by atoms with Crippen molar-refractivity contribution in [1.29, 1.82) is 0 Å². The second-order valence-electron chi connectivity index (χ2n) is 3.68. The van der Waals surface area contributed by atoms with E-state index >= 15 is 0 Å². The van der Waals surface area contributed by atoms with Crippen LogP contribution in [0.5, 0.6) is 0 Å². The maximum absolute atomic E-state index is 9.29. The van der Waals surface area contributed by atoms with Crippen molar-refractivity contribution in [2.75, 3.05) is 18.6 Å². The summed E-state index contributed by atoms with van der Waals surface area (Å²) < 4.78 is 1.12. The van der Waals surface area contributed by atoms with Gasteiger partial charge in [-0.1, -0.05) is 13.8 Å². The van der Waals surface area contributed by atoms with E-state index in [0.29, 0.717) is 5.92 Å². The van der Waals surface area contributed by atoms with E-state index in [2.05, 4.69) is 40.7 Å². The number of anilines is 1. The highest BCUT2D eigenvalue weighted by molar-refractivity contribution is 9.11. The van der Waals surface area contributed by atoms with E-state index in [0.717, 1.165) is 3.79 Å². The van der Waals surface area contributed by atoms with Gasteiger partial charge in [0.25, 0.3) is 0 Å². The molecular formula is C10H16BrNOS. The average Bonchev–Trinajstić information content (AvgIpc) is 2.52. The first kappa shape index (κ1) is 12.0. The van der Waals surface area contributed by atoms with Gasteiger partial charge in [0.1, 0.15) is 0 Å². The summed E-state index contributed by atoms with van der Waals surface area (Å²) in [5.74, 6) is 0.450. The summed E-state index contributed by atoms with van der Waals surface area (Å²) in [6, 6.07) is 4.30. The molecule has 1 N–H and O–H groups in total. The van der Waals surface area contributed by atoms with Gasteiger partial charge in [0.2, 0.25) is 0 Å². The summed E-state index contributed by atoms with van der Waals surface area (Å²) in [6.45, 7) is 4.45. The van der Waals surface area contributed by atoms with Crippen LogP contribution in [0.15, 0.2) is 15.9 Å². The fourth-order valence-electron chi connectivity index (χ4n) is 1.44. The number of aliphatic hydroxyl groups is 1. The Labute approximate surface area is 97.7 Å². The number of hydrogen-bond donors (Lipinski definition) is 1. The fraction of sp³-hybridized carbons (Fsp3) is 0.600. The van der Waals surface area contributed by atoms with Gasteiger partial charge in [-0.25, -0.2) is 0 Å². The van der Waals surface area contributed by atoms with Crippen LogP contribution in [0.2, 0.25) is 0 Å². The van der Waals surface area contributed by atoms with Crippen LogP contribution in [0.25, 0.3) is 0 Å². The molecule has 0 aliphatic rings. The maximum atomic E-state index is 9.29. The lowest BCUT2D eigenvalue weighted by atomic mass is 10.0. The monoisotopic (exact) mass is 277 g/mol. The molecule has 1 heterocycles. The van der Waals surface area contributed by atoms with Gasteiger partial charge >= 0.3 is 0 Å². The van der Waals surface area contributed by atoms with E-state index in [1.807, 2.05) is 13.1 Å². The molecule has 0 saturated heterocycles. The van der Waals surface area contributed by atoms with Crippen molar-refractivity contribution in [2.24, 2.45) is 5.92 Å². The first-order valence-corrected chi connectivity index (χ1v) is 6.26. The van der Waals surface area contributed by atoms with E-state index in [-0.39, 0.29) is 12.6 Å². The molecule has 4 heteroatoms. The zero-order valence-electron chi connectivity index (χ0n) is 8.70. The molecule has 0 fully saturated rings. The molecule has 1 rings (SSSR count). The SMILES string of the molecule is CC(C)C(CO)N(C)c1ccc(Br)s1. The van der Waals surface area contributed by atoms with Gasteiger partial charge in [0.15, 0.2) is 0 Å². The zero-order valence-corrected chi connectivity index (χ0v) is 11.1. The summed E-state index contributed by atoms with van der Waals surface area (Å²) >= 11 is 5.13. The van der Waals surface area contributed by atoms with Crippen LogP contribution in [0.4, 0.5) is 5.00 Å². The number of nitrogens with zero attached hydrogens (tertiary/aromatic N) is 1. The Bertz CT molecular complexity index is 287. The van der Waals surface area contributed by atoms with Gasteiger partial charge in [-0.05, 0) is 34.0 Å². The summed E-state index contributed by atoms with van der Waals surface area (Å²) in [6.07, 6.45) is 0. The smallest absolute Gasteiger partial charge is 0.0921 e. The van der Waals surface area contributed by atoms with E-state index < -0.39 is 0 Å². The topological polar surface area (TPSA) is 23.5 Å². The minimum Gasteiger partial charge on any atom is -0.394 e. The van der Waals surface area contributed by atoms with Gasteiger partial charge in [-0.2, -0.15) is 0 Å². The van der Waals surface area contributed by atoms with Crippen LogP contribution in [0, 0.1) is 5.92 Å². The highest BCUT2D eigenvalue weighted by Gasteiger charge is 2.18. The largest absolute Gasteiger partial charge is 0.394 e. The molecule has 1 atom stereocenters. The normalized spacial score (nSPS) is 13.3. The molecule has 80 valence electrons. The number of thiophene rings is 1. The van der Waals surface area contributed by atoms with E-state index in [4.69, 9.17) is 0 Å². The first-order valence-electron chi connectivity index (χ1n) is 4.65. The van der Waals surface area contributed by atoms with Gasteiger partial charge in [0, 0.05) is 7.05 Å². The maximum Gasteiger partial charge on any atom is 0.0921 e. The molecule has 0 saturated carbocycles. The molecule has 1 unspecified atom stereocenters. The first-order chi connectivity index (χ1) is 6.56. The second kappa shape index (κ2) is 5.14. The van der Waals surface area contributed by atoms with Crippen LogP contribution in [0.3, 0.4) is 0 Å². The van der Waals surface area contributed by atoms with Crippen LogP contribution in [-0.4, -0.2) is 24.8 Å². The minimum absolute atomic E-state index is 0.195. The summed E-state index contributed by atoms with van der Waals surface area (Å²) in [5.41, 5.74) is 0. The molecule has 1 aromatic heterocycles. The summed E-state index contributed by atoms with van der Waals surface area (Å²) in [7, 11) is 2.03. The molecule has 1 aromatic rings. The lowest BCUT2D eigenvalue weighted by Crippen LogP contribution is -2.38. The summed E-state index contributed by atoms with van der Waals surface area (Å²) in [5, 5.41) is 10.5. The van der Waals surface area contributed by atoms with Gasteiger partial charge in [0.05, 0.1) is 21.4 Å². The van der Waals surface area contributed by atoms with Crippen LogP contribution in [-0.2, 0) is 0 Å². The fourth-order valence-corrected chi connectivity index (χ4v) is 2.82. The minimum atomic E-state index is 0.195. The van der Waals surface area contributed by atoms with Crippen molar-refractivity contribution in [3.8, 4) is 0 Å². The number of rotatable bonds is 4. The summed E-state index contributed by atoms with van der Waals surface area (Å²) in [4.78, 5) is 2.14. The number of likely N-dealkylation sites (N-methyl/N-ethyl adjacent to an activating group) is 1. The molecule has 0 aliphatic carbocycles. The third-order valence-corrected chi connectivity index (χ3v) is 4.07. The molecule has 0 aromatic carbocycles. The van der Waals surface area contributed by atoms with Crippen molar-refractivity contribution < 1.29 is 5.11 Å². The average molecular weight is 278 g/mol. The van der Waals surface area contributed by atoms with Gasteiger partial charge in [-0.15, -0.1) is 11.3 Å². The molecule has 2 nitrogen and oxygen atoms in total. The van der Waals surface area contributed by atoms with E-state index in [1.165, 1.54) is 5.00 Å². The molecule has 0 amide bonds. The Balaban J connectivity index is 2.77. The lowest BCUT2D eigenvalue weighted by molar-refractivity contribution is 0.234. The van der Waals surface area contributed by atoms with Crippen molar-refractivity contribution in [3.63, 3.8) is 0 Å². The predicted molar refractivity (Wildman–Crippen MR) is 66.1 cm³/mol. The van der Waals surface area contributed by atoms with Gasteiger partial charge in [-0.3, -0.25) is 0 Å². The van der Waals surface area contributed by atoms with Crippen molar-refractivity contribution in [1.82, 2.24) is 0 Å². The Hall–Kier alpha value is -0.0600. The van der Waals surface area contributed by atoms with Crippen molar-refractivity contribution in [2.45, 2.75) is 19.9 Å². The Morgan fingerprint density at radius 3 is 2.50 bits per heavy atom. The molecule has 0 aliphatic heterocycles. The molecule has 14 heavy (non-hydrogen) atoms. The number of aliphatic hydroxyl groups excluding tert-OH is 1. The van der Waals surface area contributed by atoms with Gasteiger partial charge < -0.3 is 10.0 Å². The Kier molecular flexibility index (Phi) is 4.41. The van der Waals surface area contributed by atoms with Crippen LogP contribution >= 0.6 is 27.3 Å². The van der Waals surface area contributed by atoms with Crippen LogP contribution < -0.4 is 4.90 Å². The molecule has 0 radical (unpaired) electrons. The molecule has 0 bridgehead atoms. The standard InChI is InChI=1S/C10H16BrNOS/c1-7(2)8(6-13)12(3)10-5-4-9(11)14-10/h4-5,7-8,13H,6H2,1-3H3. The Morgan fingerprint density at radius 1 is 1.50 bits per heavy atom. The van der Waals surface area contributed by atoms with Crippen molar-refractivity contribution in [3.05, 3.63) is 15.9 Å². The highest BCUT2D eigenvalue weighted by Crippen LogP contribution is 2.31. The second-order valence-corrected chi connectivity index (χ2v) is 6.12. The predicted octanol–water partition coefficient (Wildman–Crippen LogP) is 2.96. The van der Waals surface area contributed by atoms with Crippen molar-refractivity contribution >= 4 is 32.3 Å². The third-order valence-electron chi connectivity index (χ3n) is 2.36. The van der Waals surface area contributed by atoms with Crippen LogP contribution in [0.1, 0.15) is 13.8 Å². The number of hydrogen-bond acceptors (Lipinski definition) is 3. The highest BCUT2D eigenvalue weighted by atomic mass is 79.9.